The third-order valence-corrected chi connectivity index (χ3v) is 7.27. The molecule has 9 N–H and O–H groups in total. The number of carbonyl (C=O) groups is 4. The molecule has 4 unspecified atom stereocenters. The van der Waals surface area contributed by atoms with Gasteiger partial charge in [-0.1, -0.05) is 62.4 Å². The van der Waals surface area contributed by atoms with Gasteiger partial charge in [-0.2, -0.15) is 0 Å². The van der Waals surface area contributed by atoms with Gasteiger partial charge < -0.3 is 37.5 Å². The summed E-state index contributed by atoms with van der Waals surface area (Å²) in [4.78, 5) is 55.3. The molecule has 2 aromatic carbocycles. The highest BCUT2D eigenvalue weighted by Crippen LogP contribution is 2.19. The van der Waals surface area contributed by atoms with Crippen LogP contribution in [0.3, 0.4) is 0 Å². The number of nitrogens with two attached hydrogens (primary N) is 2. The molecule has 11 heteroatoms. The molecule has 11 nitrogen and oxygen atoms in total. The van der Waals surface area contributed by atoms with Crippen molar-refractivity contribution in [2.45, 2.75) is 76.5 Å². The first-order chi connectivity index (χ1) is 20.6. The van der Waals surface area contributed by atoms with Gasteiger partial charge in [0.05, 0.1) is 6.04 Å². The normalized spacial score (nSPS) is 14.1. The minimum atomic E-state index is -1.16. The molecule has 0 aliphatic carbocycles. The molecule has 0 radical (unpaired) electrons. The third kappa shape index (κ3) is 10.2. The van der Waals surface area contributed by atoms with Crippen LogP contribution < -0.4 is 27.4 Å². The largest absolute Gasteiger partial charge is 0.480 e. The second-order valence-electron chi connectivity index (χ2n) is 11.3. The van der Waals surface area contributed by atoms with Crippen molar-refractivity contribution in [2.24, 2.45) is 17.4 Å². The van der Waals surface area contributed by atoms with E-state index in [0.29, 0.717) is 19.4 Å². The maximum absolute atomic E-state index is 13.8. The Kier molecular flexibility index (Phi) is 12.7. The zero-order chi connectivity index (χ0) is 31.4. The molecular weight excluding hydrogens is 548 g/mol. The van der Waals surface area contributed by atoms with Crippen LogP contribution in [0.4, 0.5) is 0 Å². The van der Waals surface area contributed by atoms with Crippen molar-refractivity contribution in [3.8, 4) is 0 Å². The first-order valence-corrected chi connectivity index (χ1v) is 14.8. The number of amides is 3. The van der Waals surface area contributed by atoms with Crippen LogP contribution >= 0.6 is 0 Å². The monoisotopic (exact) mass is 592 g/mol. The predicted octanol–water partition coefficient (Wildman–Crippen LogP) is 1.99. The van der Waals surface area contributed by atoms with Crippen LogP contribution in [0.15, 0.2) is 60.8 Å². The van der Waals surface area contributed by atoms with Crippen LogP contribution in [0, 0.1) is 5.92 Å². The summed E-state index contributed by atoms with van der Waals surface area (Å²) in [6.07, 6.45) is 3.88. The Hall–Kier alpha value is -4.22. The van der Waals surface area contributed by atoms with Gasteiger partial charge in [-0.25, -0.2) is 4.79 Å². The smallest absolute Gasteiger partial charge is 0.326 e. The molecule has 0 bridgehead atoms. The van der Waals surface area contributed by atoms with E-state index in [1.165, 1.54) is 0 Å². The first kappa shape index (κ1) is 33.3. The summed E-state index contributed by atoms with van der Waals surface area (Å²) in [5.74, 6) is -2.81. The van der Waals surface area contributed by atoms with Crippen LogP contribution in [0.2, 0.25) is 0 Å². The molecule has 43 heavy (non-hydrogen) atoms. The molecule has 0 aliphatic heterocycles. The van der Waals surface area contributed by atoms with Gasteiger partial charge in [-0.15, -0.1) is 0 Å². The Bertz CT molecular complexity index is 1360. The minimum absolute atomic E-state index is 0.0116. The number of aromatic amines is 1. The number of aromatic nitrogens is 1. The number of carboxylic acid groups (broad SMARTS) is 1. The fourth-order valence-corrected chi connectivity index (χ4v) is 4.97. The van der Waals surface area contributed by atoms with Crippen molar-refractivity contribution in [2.75, 3.05) is 6.54 Å². The summed E-state index contributed by atoms with van der Waals surface area (Å²) in [6.45, 7) is 4.22. The number of H-pyrrole nitrogens is 1. The van der Waals surface area contributed by atoms with E-state index in [0.717, 1.165) is 22.0 Å². The van der Waals surface area contributed by atoms with E-state index in [1.54, 1.807) is 6.20 Å². The second-order valence-corrected chi connectivity index (χ2v) is 11.3. The highest BCUT2D eigenvalue weighted by atomic mass is 16.4. The van der Waals surface area contributed by atoms with Gasteiger partial charge in [-0.3, -0.25) is 14.4 Å². The first-order valence-electron chi connectivity index (χ1n) is 14.8. The Morgan fingerprint density at radius 2 is 1.44 bits per heavy atom. The van der Waals surface area contributed by atoms with Crippen molar-refractivity contribution in [1.82, 2.24) is 20.9 Å². The molecule has 0 saturated heterocycles. The maximum atomic E-state index is 13.8. The highest BCUT2D eigenvalue weighted by Gasteiger charge is 2.31. The van der Waals surface area contributed by atoms with Crippen molar-refractivity contribution < 1.29 is 24.3 Å². The number of hydrogen-bond donors (Lipinski definition) is 7. The van der Waals surface area contributed by atoms with Gasteiger partial charge in [0.25, 0.3) is 0 Å². The average Bonchev–Trinajstić information content (AvgIpc) is 3.38. The lowest BCUT2D eigenvalue weighted by atomic mass is 9.99. The molecule has 3 aromatic rings. The lowest BCUT2D eigenvalue weighted by molar-refractivity contribution is -0.142. The number of para-hydroxylation sites is 1. The Morgan fingerprint density at radius 3 is 2.12 bits per heavy atom. The molecule has 0 spiro atoms. The lowest BCUT2D eigenvalue weighted by Gasteiger charge is -2.26. The van der Waals surface area contributed by atoms with Crippen LogP contribution in [0.5, 0.6) is 0 Å². The van der Waals surface area contributed by atoms with Crippen LogP contribution in [-0.4, -0.2) is 64.5 Å². The van der Waals surface area contributed by atoms with E-state index >= 15 is 0 Å². The third-order valence-electron chi connectivity index (χ3n) is 7.27. The van der Waals surface area contributed by atoms with Gasteiger partial charge >= 0.3 is 5.97 Å². The summed E-state index contributed by atoms with van der Waals surface area (Å²) < 4.78 is 0. The van der Waals surface area contributed by atoms with Crippen LogP contribution in [0.1, 0.15) is 50.7 Å². The Balaban J connectivity index is 1.81. The lowest BCUT2D eigenvalue weighted by Crippen LogP contribution is -2.58. The number of carboxylic acids is 1. The molecule has 232 valence electrons. The number of nitrogens with one attached hydrogen (secondary N) is 4. The van der Waals surface area contributed by atoms with Crippen LogP contribution in [0.25, 0.3) is 10.9 Å². The molecule has 0 saturated carbocycles. The molecule has 1 aromatic heterocycles. The van der Waals surface area contributed by atoms with Crippen molar-refractivity contribution in [3.05, 3.63) is 71.9 Å². The number of hydrogen-bond acceptors (Lipinski definition) is 6. The summed E-state index contributed by atoms with van der Waals surface area (Å²) in [7, 11) is 0. The van der Waals surface area contributed by atoms with E-state index in [-0.39, 0.29) is 31.6 Å². The average molecular weight is 593 g/mol. The number of rotatable bonds is 17. The second kappa shape index (κ2) is 16.4. The Labute approximate surface area is 252 Å². The number of fused-ring (bicyclic) bond motifs is 1. The molecule has 0 aliphatic rings. The van der Waals surface area contributed by atoms with E-state index in [4.69, 9.17) is 11.5 Å². The SMILES string of the molecule is CC(C)CC(NC(=O)C(Cc1c[nH]c2ccccc12)NC(=O)C(N)Cc1ccccc1)C(=O)NC(CCCCN)C(=O)O. The van der Waals surface area contributed by atoms with Gasteiger partial charge in [0.15, 0.2) is 0 Å². The summed E-state index contributed by atoms with van der Waals surface area (Å²) in [5, 5.41) is 18.7. The van der Waals surface area contributed by atoms with Crippen LogP contribution in [-0.2, 0) is 32.0 Å². The highest BCUT2D eigenvalue weighted by molar-refractivity contribution is 5.95. The van der Waals surface area contributed by atoms with E-state index in [2.05, 4.69) is 20.9 Å². The van der Waals surface area contributed by atoms with E-state index < -0.39 is 47.9 Å². The standard InChI is InChI=1S/C32H44N6O5/c1-20(2)16-27(30(40)36-26(32(42)43)14-8-9-15-33)38-31(41)28(18-22-19-35-25-13-7-6-12-23(22)25)37-29(39)24(34)17-21-10-4-3-5-11-21/h3-7,10-13,19-20,24,26-28,35H,8-9,14-18,33-34H2,1-2H3,(H,36,40)(H,37,39)(H,38,41)(H,42,43). The minimum Gasteiger partial charge on any atom is -0.480 e. The molecule has 1 heterocycles. The predicted molar refractivity (Wildman–Crippen MR) is 166 cm³/mol. The Morgan fingerprint density at radius 1 is 0.814 bits per heavy atom. The van der Waals surface area contributed by atoms with Crippen molar-refractivity contribution in [3.63, 3.8) is 0 Å². The van der Waals surface area contributed by atoms with Crippen molar-refractivity contribution >= 4 is 34.6 Å². The van der Waals surface area contributed by atoms with E-state index in [1.807, 2.05) is 68.4 Å². The number of benzene rings is 2. The van der Waals surface area contributed by atoms with Gasteiger partial charge in [0.2, 0.25) is 17.7 Å². The summed E-state index contributed by atoms with van der Waals surface area (Å²) >= 11 is 0. The maximum Gasteiger partial charge on any atom is 0.326 e. The van der Waals surface area contributed by atoms with E-state index in [9.17, 15) is 24.3 Å². The zero-order valence-corrected chi connectivity index (χ0v) is 24.8. The van der Waals surface area contributed by atoms with Gasteiger partial charge in [0, 0.05) is 23.5 Å². The van der Waals surface area contributed by atoms with Crippen molar-refractivity contribution in [1.29, 1.82) is 0 Å². The molecule has 0 fully saturated rings. The fourth-order valence-electron chi connectivity index (χ4n) is 4.97. The number of aliphatic carboxylic acids is 1. The zero-order valence-electron chi connectivity index (χ0n) is 24.8. The molecule has 3 rings (SSSR count). The van der Waals surface area contributed by atoms with Gasteiger partial charge in [0.1, 0.15) is 18.1 Å². The number of unbranched alkanes of at least 4 members (excludes halogenated alkanes) is 1. The summed E-state index contributed by atoms with van der Waals surface area (Å²) in [6, 6.07) is 12.9. The quantitative estimate of drug-likeness (QED) is 0.117. The molecule has 3 amide bonds. The van der Waals surface area contributed by atoms with Gasteiger partial charge in [-0.05, 0) is 61.8 Å². The summed E-state index contributed by atoms with van der Waals surface area (Å²) in [5.41, 5.74) is 14.3. The topological polar surface area (TPSA) is 192 Å². The fraction of sp³-hybridized carbons (Fsp3) is 0.438. The molecule has 4 atom stereocenters. The molecular formula is C32H44N6O5. The number of carbonyl (C=O) groups excluding carboxylic acids is 3.